The number of carbonyl (C=O) groups excluding carboxylic acids is 2. The highest BCUT2D eigenvalue weighted by Crippen LogP contribution is 2.35. The van der Waals surface area contributed by atoms with E-state index < -0.39 is 12.1 Å². The SMILES string of the molecule is N#Cc1ccccc1-c1cccc(CO[C@H]2C[C@H]3C(=O)N(c4cc(Cl)cc(Cl)c4)C(=O)N3C2)c1. The fourth-order valence-electron chi connectivity index (χ4n) is 4.52. The van der Waals surface area contributed by atoms with Gasteiger partial charge >= 0.3 is 6.03 Å². The van der Waals surface area contributed by atoms with Gasteiger partial charge in [-0.3, -0.25) is 4.79 Å². The molecule has 3 aromatic rings. The molecule has 0 radical (unpaired) electrons. The molecular formula is C26H19Cl2N3O3. The fraction of sp³-hybridized carbons (Fsp3) is 0.192. The number of benzene rings is 3. The third-order valence-corrected chi connectivity index (χ3v) is 6.52. The molecule has 2 aliphatic rings. The summed E-state index contributed by atoms with van der Waals surface area (Å²) in [5, 5.41) is 10.1. The molecule has 5 rings (SSSR count). The molecular weight excluding hydrogens is 473 g/mol. The Labute approximate surface area is 206 Å². The number of imide groups is 1. The topological polar surface area (TPSA) is 73.6 Å². The Balaban J connectivity index is 1.26. The summed E-state index contributed by atoms with van der Waals surface area (Å²) in [6.45, 7) is 0.667. The van der Waals surface area contributed by atoms with E-state index in [1.54, 1.807) is 29.2 Å². The summed E-state index contributed by atoms with van der Waals surface area (Å²) in [7, 11) is 0. The first-order valence-corrected chi connectivity index (χ1v) is 11.5. The van der Waals surface area contributed by atoms with E-state index in [2.05, 4.69) is 6.07 Å². The van der Waals surface area contributed by atoms with Crippen molar-refractivity contribution < 1.29 is 14.3 Å². The van der Waals surface area contributed by atoms with Crippen LogP contribution in [0.1, 0.15) is 17.5 Å². The van der Waals surface area contributed by atoms with Crippen molar-refractivity contribution in [2.75, 3.05) is 11.4 Å². The monoisotopic (exact) mass is 491 g/mol. The number of hydrogen-bond donors (Lipinski definition) is 0. The molecule has 0 saturated carbocycles. The minimum Gasteiger partial charge on any atom is -0.372 e. The van der Waals surface area contributed by atoms with Gasteiger partial charge in [0.15, 0.2) is 0 Å². The van der Waals surface area contributed by atoms with E-state index in [4.69, 9.17) is 27.9 Å². The van der Waals surface area contributed by atoms with Gasteiger partial charge in [-0.15, -0.1) is 0 Å². The van der Waals surface area contributed by atoms with Crippen LogP contribution in [0.15, 0.2) is 66.7 Å². The Morgan fingerprint density at radius 2 is 1.76 bits per heavy atom. The van der Waals surface area contributed by atoms with Crippen molar-refractivity contribution >= 4 is 40.8 Å². The van der Waals surface area contributed by atoms with E-state index in [1.165, 1.54) is 0 Å². The van der Waals surface area contributed by atoms with Gasteiger partial charge < -0.3 is 9.64 Å². The number of amides is 3. The first-order chi connectivity index (χ1) is 16.4. The number of nitrogens with zero attached hydrogens (tertiary/aromatic N) is 3. The summed E-state index contributed by atoms with van der Waals surface area (Å²) in [6, 6.07) is 21.2. The van der Waals surface area contributed by atoms with Crippen LogP contribution < -0.4 is 4.90 Å². The third kappa shape index (κ3) is 4.14. The molecule has 2 heterocycles. The van der Waals surface area contributed by atoms with Crippen molar-refractivity contribution in [2.24, 2.45) is 0 Å². The zero-order valence-electron chi connectivity index (χ0n) is 17.9. The lowest BCUT2D eigenvalue weighted by atomic mass is 9.99. The molecule has 0 aliphatic carbocycles. The molecule has 2 saturated heterocycles. The smallest absolute Gasteiger partial charge is 0.332 e. The predicted octanol–water partition coefficient (Wildman–Crippen LogP) is 5.66. The summed E-state index contributed by atoms with van der Waals surface area (Å²) >= 11 is 12.1. The summed E-state index contributed by atoms with van der Waals surface area (Å²) in [5.41, 5.74) is 3.73. The molecule has 0 unspecified atom stereocenters. The fourth-order valence-corrected chi connectivity index (χ4v) is 5.03. The molecule has 0 aromatic heterocycles. The summed E-state index contributed by atoms with van der Waals surface area (Å²) < 4.78 is 6.08. The zero-order valence-corrected chi connectivity index (χ0v) is 19.5. The molecule has 170 valence electrons. The van der Waals surface area contributed by atoms with E-state index in [0.717, 1.165) is 21.6 Å². The van der Waals surface area contributed by atoms with Gasteiger partial charge in [-0.25, -0.2) is 9.69 Å². The number of rotatable bonds is 5. The summed E-state index contributed by atoms with van der Waals surface area (Å²) in [5.74, 6) is -0.301. The quantitative estimate of drug-likeness (QED) is 0.431. The molecule has 0 bridgehead atoms. The highest BCUT2D eigenvalue weighted by molar-refractivity contribution is 6.35. The Bertz CT molecular complexity index is 1290. The van der Waals surface area contributed by atoms with Crippen LogP contribution in [0.4, 0.5) is 10.5 Å². The molecule has 2 fully saturated rings. The van der Waals surface area contributed by atoms with Crippen LogP contribution in [-0.4, -0.2) is 35.5 Å². The van der Waals surface area contributed by atoms with Crippen LogP contribution >= 0.6 is 23.2 Å². The second-order valence-electron chi connectivity index (χ2n) is 8.28. The van der Waals surface area contributed by atoms with Crippen LogP contribution in [0, 0.1) is 11.3 Å². The van der Waals surface area contributed by atoms with Crippen molar-refractivity contribution in [1.82, 2.24) is 4.90 Å². The van der Waals surface area contributed by atoms with E-state index in [-0.39, 0.29) is 12.0 Å². The van der Waals surface area contributed by atoms with Gasteiger partial charge in [0, 0.05) is 23.0 Å². The maximum absolute atomic E-state index is 13.0. The molecule has 34 heavy (non-hydrogen) atoms. The first-order valence-electron chi connectivity index (χ1n) is 10.8. The number of anilines is 1. The van der Waals surface area contributed by atoms with Gasteiger partial charge in [-0.2, -0.15) is 5.26 Å². The van der Waals surface area contributed by atoms with Gasteiger partial charge in [-0.05, 0) is 47.0 Å². The number of fused-ring (bicyclic) bond motifs is 1. The second kappa shape index (κ2) is 9.11. The summed E-state index contributed by atoms with van der Waals surface area (Å²) in [4.78, 5) is 28.6. The first kappa shape index (κ1) is 22.4. The van der Waals surface area contributed by atoms with Crippen LogP contribution in [0.2, 0.25) is 10.0 Å². The second-order valence-corrected chi connectivity index (χ2v) is 9.15. The highest BCUT2D eigenvalue weighted by atomic mass is 35.5. The van der Waals surface area contributed by atoms with Gasteiger partial charge in [0.05, 0.1) is 30.0 Å². The molecule has 6 nitrogen and oxygen atoms in total. The number of hydrogen-bond acceptors (Lipinski definition) is 4. The minimum atomic E-state index is -0.566. The Hall–Kier alpha value is -3.37. The molecule has 3 aromatic carbocycles. The van der Waals surface area contributed by atoms with Crippen LogP contribution in [0.25, 0.3) is 11.1 Å². The van der Waals surface area contributed by atoms with Gasteiger partial charge in [0.1, 0.15) is 6.04 Å². The summed E-state index contributed by atoms with van der Waals surface area (Å²) in [6.07, 6.45) is 0.171. The maximum atomic E-state index is 13.0. The van der Waals surface area contributed by atoms with Crippen LogP contribution in [0.5, 0.6) is 0 Å². The molecule has 0 N–H and O–H groups in total. The standard InChI is InChI=1S/C26H19Cl2N3O3/c27-19-9-20(28)11-21(10-19)31-25(32)24-12-22(14-30(24)26(31)33)34-15-16-4-3-6-17(8-16)23-7-2-1-5-18(23)13-29/h1-11,22,24H,12,14-15H2/t22-,24-/m0/s1. The molecule has 3 amide bonds. The molecule has 2 aliphatic heterocycles. The third-order valence-electron chi connectivity index (χ3n) is 6.08. The average Bonchev–Trinajstić information content (AvgIpc) is 3.35. The lowest BCUT2D eigenvalue weighted by Gasteiger charge is -2.19. The number of nitriles is 1. The maximum Gasteiger partial charge on any atom is 0.332 e. The van der Waals surface area contributed by atoms with Crippen molar-refractivity contribution in [3.63, 3.8) is 0 Å². The minimum absolute atomic E-state index is 0.252. The Morgan fingerprint density at radius 1 is 1.00 bits per heavy atom. The van der Waals surface area contributed by atoms with Crippen molar-refractivity contribution in [3.8, 4) is 17.2 Å². The Morgan fingerprint density at radius 3 is 2.50 bits per heavy atom. The number of halogens is 2. The normalized spacial score (nSPS) is 19.4. The van der Waals surface area contributed by atoms with Crippen LogP contribution in [-0.2, 0) is 16.1 Å². The van der Waals surface area contributed by atoms with E-state index >= 15 is 0 Å². The Kier molecular flexibility index (Phi) is 6.01. The van der Waals surface area contributed by atoms with Crippen molar-refractivity contribution in [1.29, 1.82) is 5.26 Å². The van der Waals surface area contributed by atoms with Crippen molar-refractivity contribution in [2.45, 2.75) is 25.2 Å². The van der Waals surface area contributed by atoms with Gasteiger partial charge in [-0.1, -0.05) is 59.6 Å². The number of urea groups is 1. The lowest BCUT2D eigenvalue weighted by Crippen LogP contribution is -2.35. The number of carbonyl (C=O) groups is 2. The van der Waals surface area contributed by atoms with Gasteiger partial charge in [0.25, 0.3) is 5.91 Å². The zero-order chi connectivity index (χ0) is 23.8. The van der Waals surface area contributed by atoms with E-state index in [0.29, 0.717) is 40.9 Å². The predicted molar refractivity (Wildman–Crippen MR) is 130 cm³/mol. The van der Waals surface area contributed by atoms with E-state index in [9.17, 15) is 14.9 Å². The van der Waals surface area contributed by atoms with E-state index in [1.807, 2.05) is 42.5 Å². The molecule has 0 spiro atoms. The van der Waals surface area contributed by atoms with Crippen LogP contribution in [0.3, 0.4) is 0 Å². The number of ether oxygens (including phenoxy) is 1. The van der Waals surface area contributed by atoms with Crippen molar-refractivity contribution in [3.05, 3.63) is 87.9 Å². The largest absolute Gasteiger partial charge is 0.372 e. The van der Waals surface area contributed by atoms with Gasteiger partial charge in [0.2, 0.25) is 0 Å². The highest BCUT2D eigenvalue weighted by Gasteiger charge is 2.51. The molecule has 2 atom stereocenters. The molecule has 8 heteroatoms. The lowest BCUT2D eigenvalue weighted by molar-refractivity contribution is -0.119. The average molecular weight is 492 g/mol.